The summed E-state index contributed by atoms with van der Waals surface area (Å²) >= 11 is 1.86. The predicted octanol–water partition coefficient (Wildman–Crippen LogP) is 3.81. The first-order valence-corrected chi connectivity index (χ1v) is 11.1. The van der Waals surface area contributed by atoms with Crippen molar-refractivity contribution in [2.75, 3.05) is 36.8 Å². The van der Waals surface area contributed by atoms with Gasteiger partial charge in [0.2, 0.25) is 0 Å². The SMILES string of the molecule is COC(=O)c1ccc(CN(SCCN2CC(C)NC(C)C2)c2ccccc2)cc1. The van der Waals surface area contributed by atoms with E-state index in [1.807, 2.05) is 42.3 Å². The van der Waals surface area contributed by atoms with E-state index in [0.29, 0.717) is 17.6 Å². The molecule has 3 rings (SSSR count). The average Bonchev–Trinajstić information content (AvgIpc) is 2.73. The minimum absolute atomic E-state index is 0.301. The van der Waals surface area contributed by atoms with Crippen molar-refractivity contribution < 1.29 is 9.53 Å². The van der Waals surface area contributed by atoms with Crippen LogP contribution in [0.25, 0.3) is 0 Å². The molecule has 1 heterocycles. The number of hydrogen-bond acceptors (Lipinski definition) is 6. The van der Waals surface area contributed by atoms with Crippen LogP contribution in [0, 0.1) is 0 Å². The first-order valence-electron chi connectivity index (χ1n) is 10.2. The zero-order valence-corrected chi connectivity index (χ0v) is 18.3. The molecule has 29 heavy (non-hydrogen) atoms. The summed E-state index contributed by atoms with van der Waals surface area (Å²) in [6, 6.07) is 19.2. The van der Waals surface area contributed by atoms with Gasteiger partial charge in [-0.15, -0.1) is 0 Å². The lowest BCUT2D eigenvalue weighted by Crippen LogP contribution is -2.54. The van der Waals surface area contributed by atoms with Crippen LogP contribution in [0.3, 0.4) is 0 Å². The molecule has 2 unspecified atom stereocenters. The minimum atomic E-state index is -0.301. The quantitative estimate of drug-likeness (QED) is 0.524. The number of para-hydroxylation sites is 1. The predicted molar refractivity (Wildman–Crippen MR) is 121 cm³/mol. The highest BCUT2D eigenvalue weighted by molar-refractivity contribution is 8.00. The second-order valence-corrected chi connectivity index (χ2v) is 8.73. The smallest absolute Gasteiger partial charge is 0.337 e. The lowest BCUT2D eigenvalue weighted by molar-refractivity contribution is 0.0600. The highest BCUT2D eigenvalue weighted by Gasteiger charge is 2.20. The van der Waals surface area contributed by atoms with Crippen LogP contribution >= 0.6 is 11.9 Å². The summed E-state index contributed by atoms with van der Waals surface area (Å²) in [5, 5.41) is 3.59. The van der Waals surface area contributed by atoms with E-state index in [-0.39, 0.29) is 5.97 Å². The molecule has 1 N–H and O–H groups in total. The number of benzene rings is 2. The molecule has 1 fully saturated rings. The van der Waals surface area contributed by atoms with E-state index in [1.165, 1.54) is 18.4 Å². The van der Waals surface area contributed by atoms with Gasteiger partial charge in [-0.2, -0.15) is 0 Å². The van der Waals surface area contributed by atoms with Gasteiger partial charge in [0, 0.05) is 43.2 Å². The van der Waals surface area contributed by atoms with Gasteiger partial charge in [0.1, 0.15) is 0 Å². The number of carbonyl (C=O) groups is 1. The second kappa shape index (κ2) is 10.7. The van der Waals surface area contributed by atoms with Crippen molar-refractivity contribution in [2.45, 2.75) is 32.5 Å². The molecule has 6 heteroatoms. The van der Waals surface area contributed by atoms with Crippen LogP contribution in [0.1, 0.15) is 29.8 Å². The van der Waals surface area contributed by atoms with Crippen LogP contribution in [0.2, 0.25) is 0 Å². The molecule has 1 aliphatic rings. The fourth-order valence-corrected chi connectivity index (χ4v) is 4.81. The fraction of sp³-hybridized carbons (Fsp3) is 0.435. The van der Waals surface area contributed by atoms with Gasteiger partial charge in [-0.3, -0.25) is 4.90 Å². The number of rotatable bonds is 8. The standard InChI is InChI=1S/C23H31N3O2S/c1-18-15-25(16-19(2)24-18)13-14-29-26(22-7-5-4-6-8-22)17-20-9-11-21(12-10-20)23(27)28-3/h4-12,18-19,24H,13-17H2,1-3H3. The van der Waals surface area contributed by atoms with Gasteiger partial charge in [0.25, 0.3) is 0 Å². The van der Waals surface area contributed by atoms with E-state index in [0.717, 1.165) is 31.9 Å². The highest BCUT2D eigenvalue weighted by Crippen LogP contribution is 2.25. The number of nitrogens with zero attached hydrogens (tertiary/aromatic N) is 2. The third-order valence-corrected chi connectivity index (χ3v) is 6.05. The van der Waals surface area contributed by atoms with Crippen molar-refractivity contribution in [1.29, 1.82) is 0 Å². The maximum absolute atomic E-state index is 11.7. The fourth-order valence-electron chi connectivity index (χ4n) is 3.74. The van der Waals surface area contributed by atoms with Crippen LogP contribution in [0.5, 0.6) is 0 Å². The number of piperazine rings is 1. The number of hydrogen-bond donors (Lipinski definition) is 1. The zero-order valence-electron chi connectivity index (χ0n) is 17.5. The van der Waals surface area contributed by atoms with Crippen LogP contribution in [0.15, 0.2) is 54.6 Å². The Labute approximate surface area is 178 Å². The third-order valence-electron chi connectivity index (χ3n) is 5.03. The minimum Gasteiger partial charge on any atom is -0.465 e. The number of esters is 1. The largest absolute Gasteiger partial charge is 0.465 e. The Morgan fingerprint density at radius 3 is 2.38 bits per heavy atom. The zero-order chi connectivity index (χ0) is 20.6. The van der Waals surface area contributed by atoms with E-state index in [2.05, 4.69) is 52.6 Å². The Bertz CT molecular complexity index is 759. The summed E-state index contributed by atoms with van der Waals surface area (Å²) in [5.74, 6) is 0.736. The molecule has 0 spiro atoms. The van der Waals surface area contributed by atoms with Gasteiger partial charge in [0.05, 0.1) is 19.2 Å². The van der Waals surface area contributed by atoms with Crippen molar-refractivity contribution in [2.24, 2.45) is 0 Å². The lowest BCUT2D eigenvalue weighted by Gasteiger charge is -2.36. The van der Waals surface area contributed by atoms with Crippen molar-refractivity contribution in [1.82, 2.24) is 10.2 Å². The number of methoxy groups -OCH3 is 1. The first-order chi connectivity index (χ1) is 14.0. The van der Waals surface area contributed by atoms with Gasteiger partial charge >= 0.3 is 5.97 Å². The molecule has 1 aliphatic heterocycles. The number of carbonyl (C=O) groups excluding carboxylic acids is 1. The van der Waals surface area contributed by atoms with Crippen LogP contribution in [0.4, 0.5) is 5.69 Å². The molecule has 0 amide bonds. The van der Waals surface area contributed by atoms with Gasteiger partial charge < -0.3 is 14.4 Å². The molecule has 2 aromatic carbocycles. The summed E-state index contributed by atoms with van der Waals surface area (Å²) in [6.07, 6.45) is 0. The number of nitrogens with one attached hydrogen (secondary N) is 1. The molecule has 2 atom stereocenters. The van der Waals surface area contributed by atoms with Crippen molar-refractivity contribution in [3.05, 3.63) is 65.7 Å². The van der Waals surface area contributed by atoms with Crippen molar-refractivity contribution in [3.8, 4) is 0 Å². The van der Waals surface area contributed by atoms with E-state index >= 15 is 0 Å². The Balaban J connectivity index is 1.62. The van der Waals surface area contributed by atoms with E-state index in [9.17, 15) is 4.79 Å². The molecule has 2 aromatic rings. The summed E-state index contributed by atoms with van der Waals surface area (Å²) in [7, 11) is 1.41. The highest BCUT2D eigenvalue weighted by atomic mass is 32.2. The van der Waals surface area contributed by atoms with Gasteiger partial charge in [0.15, 0.2) is 0 Å². The molecular formula is C23H31N3O2S. The van der Waals surface area contributed by atoms with Crippen LogP contribution < -0.4 is 9.62 Å². The second-order valence-electron chi connectivity index (χ2n) is 7.62. The third kappa shape index (κ3) is 6.49. The molecule has 0 aliphatic carbocycles. The molecule has 0 saturated carbocycles. The van der Waals surface area contributed by atoms with Crippen molar-refractivity contribution in [3.63, 3.8) is 0 Å². The summed E-state index contributed by atoms with van der Waals surface area (Å²) in [5.41, 5.74) is 2.94. The Hall–Kier alpha value is -2.02. The van der Waals surface area contributed by atoms with Gasteiger partial charge in [-0.1, -0.05) is 30.3 Å². The normalized spacial score (nSPS) is 19.7. The summed E-state index contributed by atoms with van der Waals surface area (Å²) in [4.78, 5) is 14.2. The van der Waals surface area contributed by atoms with Crippen LogP contribution in [-0.2, 0) is 11.3 Å². The molecule has 156 valence electrons. The number of ether oxygens (including phenoxy) is 1. The maximum Gasteiger partial charge on any atom is 0.337 e. The summed E-state index contributed by atoms with van der Waals surface area (Å²) in [6.45, 7) is 8.57. The van der Waals surface area contributed by atoms with Crippen molar-refractivity contribution >= 4 is 23.6 Å². The topological polar surface area (TPSA) is 44.8 Å². The maximum atomic E-state index is 11.7. The number of anilines is 1. The molecule has 0 bridgehead atoms. The summed E-state index contributed by atoms with van der Waals surface area (Å²) < 4.78 is 7.13. The molecule has 5 nitrogen and oxygen atoms in total. The molecule has 0 aromatic heterocycles. The van der Waals surface area contributed by atoms with Crippen LogP contribution in [-0.4, -0.2) is 55.4 Å². The van der Waals surface area contributed by atoms with Gasteiger partial charge in [-0.25, -0.2) is 4.79 Å². The van der Waals surface area contributed by atoms with E-state index in [1.54, 1.807) is 0 Å². The molecule has 1 saturated heterocycles. The Morgan fingerprint density at radius 1 is 1.10 bits per heavy atom. The monoisotopic (exact) mass is 413 g/mol. The Morgan fingerprint density at radius 2 is 1.76 bits per heavy atom. The molecule has 0 radical (unpaired) electrons. The Kier molecular flexibility index (Phi) is 7.98. The van der Waals surface area contributed by atoms with Gasteiger partial charge in [-0.05, 0) is 55.6 Å². The molecular weight excluding hydrogens is 382 g/mol. The van der Waals surface area contributed by atoms with E-state index in [4.69, 9.17) is 4.74 Å². The first kappa shape index (κ1) is 21.7. The average molecular weight is 414 g/mol. The lowest BCUT2D eigenvalue weighted by atomic mass is 10.1. The van der Waals surface area contributed by atoms with E-state index < -0.39 is 0 Å².